The number of para-hydroxylation sites is 2. The van der Waals surface area contributed by atoms with Crippen molar-refractivity contribution in [1.29, 1.82) is 0 Å². The van der Waals surface area contributed by atoms with Crippen LogP contribution in [0.4, 0.5) is 17.1 Å². The van der Waals surface area contributed by atoms with Crippen LogP contribution in [0.2, 0.25) is 0 Å². The Hall–Kier alpha value is -6.12. The maximum Gasteiger partial charge on any atom is 0.0544 e. The highest BCUT2D eigenvalue weighted by Gasteiger charge is 2.36. The number of rotatable bonds is 4. The molecular weight excluding hydrogens is 593 g/mol. The van der Waals surface area contributed by atoms with E-state index in [2.05, 4.69) is 188 Å². The number of nitrogens with one attached hydrogen (secondary N) is 1. The number of hydrogen-bond acceptors (Lipinski definition) is 1. The van der Waals surface area contributed by atoms with Crippen LogP contribution in [0.15, 0.2) is 164 Å². The zero-order chi connectivity index (χ0) is 32.7. The van der Waals surface area contributed by atoms with Gasteiger partial charge in [-0.05, 0) is 97.9 Å². The summed E-state index contributed by atoms with van der Waals surface area (Å²) in [5.74, 6) is 0. The molecule has 2 heteroatoms. The molecule has 8 aromatic carbocycles. The van der Waals surface area contributed by atoms with Crippen molar-refractivity contribution in [3.8, 4) is 22.3 Å². The number of fused-ring (bicyclic) bond motifs is 8. The SMILES string of the molecule is CC1(C)c2cc(-c3cccc4c3[nH]c3ccccc34)ccc2-c2ccc(N(c3ccc4ccccc4c3)c3ccc4ccccc4c3)cc21. The molecule has 0 bridgehead atoms. The normalized spacial score (nSPS) is 13.3. The molecule has 1 aliphatic rings. The number of benzene rings is 8. The fraction of sp³-hybridized carbons (Fsp3) is 0.0638. The third kappa shape index (κ3) is 4.27. The van der Waals surface area contributed by atoms with Crippen molar-refractivity contribution < 1.29 is 0 Å². The molecule has 0 aliphatic heterocycles. The molecule has 0 saturated carbocycles. The molecule has 0 amide bonds. The quantitative estimate of drug-likeness (QED) is 0.206. The van der Waals surface area contributed by atoms with Crippen LogP contribution in [0.5, 0.6) is 0 Å². The molecule has 0 fully saturated rings. The van der Waals surface area contributed by atoms with Gasteiger partial charge in [-0.15, -0.1) is 0 Å². The van der Waals surface area contributed by atoms with Crippen LogP contribution in [0, 0.1) is 0 Å². The maximum atomic E-state index is 3.72. The van der Waals surface area contributed by atoms with Gasteiger partial charge in [0.25, 0.3) is 0 Å². The van der Waals surface area contributed by atoms with E-state index in [1.165, 1.54) is 76.7 Å². The zero-order valence-electron chi connectivity index (χ0n) is 27.5. The van der Waals surface area contributed by atoms with Gasteiger partial charge < -0.3 is 9.88 Å². The predicted molar refractivity (Wildman–Crippen MR) is 208 cm³/mol. The first-order valence-electron chi connectivity index (χ1n) is 17.1. The number of aromatic nitrogens is 1. The van der Waals surface area contributed by atoms with Crippen molar-refractivity contribution in [3.63, 3.8) is 0 Å². The van der Waals surface area contributed by atoms with Crippen molar-refractivity contribution in [2.45, 2.75) is 19.3 Å². The van der Waals surface area contributed by atoms with Crippen LogP contribution < -0.4 is 4.90 Å². The Morgan fingerprint density at radius 2 is 0.980 bits per heavy atom. The van der Waals surface area contributed by atoms with E-state index < -0.39 is 0 Å². The fourth-order valence-electron chi connectivity index (χ4n) is 8.22. The molecule has 232 valence electrons. The summed E-state index contributed by atoms with van der Waals surface area (Å²) in [5, 5.41) is 7.49. The lowest BCUT2D eigenvalue weighted by atomic mass is 9.81. The molecule has 49 heavy (non-hydrogen) atoms. The fourth-order valence-corrected chi connectivity index (χ4v) is 8.22. The Kier molecular flexibility index (Phi) is 5.95. The highest BCUT2D eigenvalue weighted by Crippen LogP contribution is 2.52. The number of anilines is 3. The molecule has 1 aliphatic carbocycles. The minimum Gasteiger partial charge on any atom is -0.354 e. The van der Waals surface area contributed by atoms with Gasteiger partial charge in [-0.25, -0.2) is 0 Å². The predicted octanol–water partition coefficient (Wildman–Crippen LogP) is 13.1. The van der Waals surface area contributed by atoms with Crippen molar-refractivity contribution in [1.82, 2.24) is 4.98 Å². The van der Waals surface area contributed by atoms with Crippen molar-refractivity contribution in [3.05, 3.63) is 175 Å². The molecule has 1 heterocycles. The minimum absolute atomic E-state index is 0.177. The molecule has 0 spiro atoms. The number of hydrogen-bond donors (Lipinski definition) is 1. The second kappa shape index (κ2) is 10.4. The first-order valence-corrected chi connectivity index (χ1v) is 17.1. The Bertz CT molecular complexity index is 2680. The highest BCUT2D eigenvalue weighted by atomic mass is 15.1. The average molecular weight is 627 g/mol. The largest absolute Gasteiger partial charge is 0.354 e. The third-order valence-corrected chi connectivity index (χ3v) is 10.8. The molecule has 0 saturated heterocycles. The van der Waals surface area contributed by atoms with Gasteiger partial charge in [0, 0.05) is 44.3 Å². The second-order valence-corrected chi connectivity index (χ2v) is 13.9. The lowest BCUT2D eigenvalue weighted by molar-refractivity contribution is 0.660. The van der Waals surface area contributed by atoms with Gasteiger partial charge in [-0.3, -0.25) is 0 Å². The van der Waals surface area contributed by atoms with Crippen LogP contribution >= 0.6 is 0 Å². The number of H-pyrrole nitrogens is 1. The van der Waals surface area contributed by atoms with Crippen molar-refractivity contribution in [2.75, 3.05) is 4.90 Å². The summed E-state index contributed by atoms with van der Waals surface area (Å²) < 4.78 is 0. The molecular formula is C47H34N2. The molecule has 0 unspecified atom stereocenters. The average Bonchev–Trinajstić information content (AvgIpc) is 3.63. The lowest BCUT2D eigenvalue weighted by Crippen LogP contribution is -2.16. The first kappa shape index (κ1) is 27.9. The molecule has 9 aromatic rings. The molecule has 0 atom stereocenters. The minimum atomic E-state index is -0.177. The van der Waals surface area contributed by atoms with E-state index >= 15 is 0 Å². The van der Waals surface area contributed by atoms with E-state index in [0.717, 1.165) is 17.1 Å². The molecule has 10 rings (SSSR count). The summed E-state index contributed by atoms with van der Waals surface area (Å²) in [6, 6.07) is 60.2. The molecule has 2 nitrogen and oxygen atoms in total. The lowest BCUT2D eigenvalue weighted by Gasteiger charge is -2.28. The van der Waals surface area contributed by atoms with E-state index in [4.69, 9.17) is 0 Å². The Labute approximate surface area is 285 Å². The second-order valence-electron chi connectivity index (χ2n) is 13.9. The monoisotopic (exact) mass is 626 g/mol. The van der Waals surface area contributed by atoms with E-state index in [0.29, 0.717) is 0 Å². The summed E-state index contributed by atoms with van der Waals surface area (Å²) >= 11 is 0. The van der Waals surface area contributed by atoms with Gasteiger partial charge in [0.05, 0.1) is 5.52 Å². The topological polar surface area (TPSA) is 19.0 Å². The maximum absolute atomic E-state index is 3.72. The first-order chi connectivity index (χ1) is 24.0. The number of nitrogens with zero attached hydrogens (tertiary/aromatic N) is 1. The van der Waals surface area contributed by atoms with E-state index in [9.17, 15) is 0 Å². The van der Waals surface area contributed by atoms with Crippen LogP contribution in [0.25, 0.3) is 65.6 Å². The van der Waals surface area contributed by atoms with Crippen LogP contribution in [-0.4, -0.2) is 4.98 Å². The van der Waals surface area contributed by atoms with E-state index in [1.807, 2.05) is 0 Å². The van der Waals surface area contributed by atoms with E-state index in [1.54, 1.807) is 0 Å². The Morgan fingerprint density at radius 3 is 1.69 bits per heavy atom. The van der Waals surface area contributed by atoms with Crippen LogP contribution in [0.1, 0.15) is 25.0 Å². The Balaban J connectivity index is 1.11. The third-order valence-electron chi connectivity index (χ3n) is 10.8. The summed E-state index contributed by atoms with van der Waals surface area (Å²) in [6.45, 7) is 4.76. The van der Waals surface area contributed by atoms with Crippen LogP contribution in [-0.2, 0) is 5.41 Å². The smallest absolute Gasteiger partial charge is 0.0544 e. The van der Waals surface area contributed by atoms with Gasteiger partial charge in [0.1, 0.15) is 0 Å². The standard InChI is InChI=1S/C47H34N2/c1-47(2)43-28-34(38-15-9-16-42-41-14-7-8-17-45(41)48-46(38)42)20-24-39(43)40-25-23-37(29-44(40)47)49(35-21-18-30-10-3-5-12-32(30)26-35)36-22-19-31-11-4-6-13-33(31)27-36/h3-29,48H,1-2H3. The van der Waals surface area contributed by atoms with Gasteiger partial charge >= 0.3 is 0 Å². The van der Waals surface area contributed by atoms with Gasteiger partial charge in [-0.1, -0.05) is 129 Å². The summed E-state index contributed by atoms with van der Waals surface area (Å²) in [4.78, 5) is 6.14. The highest BCUT2D eigenvalue weighted by molar-refractivity contribution is 6.12. The van der Waals surface area contributed by atoms with Crippen LogP contribution in [0.3, 0.4) is 0 Å². The molecule has 1 N–H and O–H groups in total. The molecule has 0 radical (unpaired) electrons. The zero-order valence-corrected chi connectivity index (χ0v) is 27.5. The summed E-state index contributed by atoms with van der Waals surface area (Å²) in [6.07, 6.45) is 0. The summed E-state index contributed by atoms with van der Waals surface area (Å²) in [7, 11) is 0. The van der Waals surface area contributed by atoms with Crippen molar-refractivity contribution in [2.24, 2.45) is 0 Å². The van der Waals surface area contributed by atoms with Gasteiger partial charge in [0.15, 0.2) is 0 Å². The molecule has 1 aromatic heterocycles. The van der Waals surface area contributed by atoms with Gasteiger partial charge in [0.2, 0.25) is 0 Å². The number of aromatic amines is 1. The van der Waals surface area contributed by atoms with Gasteiger partial charge in [-0.2, -0.15) is 0 Å². The van der Waals surface area contributed by atoms with E-state index in [-0.39, 0.29) is 5.41 Å². The Morgan fingerprint density at radius 1 is 0.429 bits per heavy atom. The summed E-state index contributed by atoms with van der Waals surface area (Å²) in [5.41, 5.74) is 13.5. The van der Waals surface area contributed by atoms with Crippen molar-refractivity contribution >= 4 is 60.4 Å².